The van der Waals surface area contributed by atoms with Crippen LogP contribution >= 0.6 is 0 Å². The van der Waals surface area contributed by atoms with Gasteiger partial charge in [-0.15, -0.1) is 0 Å². The number of pyridine rings is 1. The van der Waals surface area contributed by atoms with Crippen molar-refractivity contribution in [3.8, 4) is 17.0 Å². The number of hydrogen-bond donors (Lipinski definition) is 0. The summed E-state index contributed by atoms with van der Waals surface area (Å²) in [4.78, 5) is 22.4. The number of ether oxygens (including phenoxy) is 1. The smallest absolute Gasteiger partial charge is 0.225 e. The average Bonchev–Trinajstić information content (AvgIpc) is 2.79. The van der Waals surface area contributed by atoms with Crippen molar-refractivity contribution in [1.82, 2.24) is 14.8 Å². The van der Waals surface area contributed by atoms with E-state index in [-0.39, 0.29) is 5.92 Å². The van der Waals surface area contributed by atoms with Crippen LogP contribution in [0.3, 0.4) is 0 Å². The highest BCUT2D eigenvalue weighted by Gasteiger charge is 2.31. The SMILES string of the molecule is COc1ccc(-c2cccc(C3CCCN(C(=O)C4CCN(C)CC4)C3)n2)cc1. The molecule has 0 bridgehead atoms. The van der Waals surface area contributed by atoms with Crippen LogP contribution < -0.4 is 4.74 Å². The van der Waals surface area contributed by atoms with Crippen molar-refractivity contribution in [2.75, 3.05) is 40.3 Å². The molecule has 5 heteroatoms. The molecule has 3 heterocycles. The van der Waals surface area contributed by atoms with Crippen LogP contribution in [0.15, 0.2) is 42.5 Å². The second-order valence-electron chi connectivity index (χ2n) is 8.38. The molecule has 4 rings (SSSR count). The van der Waals surface area contributed by atoms with Crippen LogP contribution in [0, 0.1) is 5.92 Å². The molecular formula is C24H31N3O2. The lowest BCUT2D eigenvalue weighted by atomic mass is 9.90. The van der Waals surface area contributed by atoms with E-state index in [0.717, 1.165) is 74.6 Å². The summed E-state index contributed by atoms with van der Waals surface area (Å²) in [6, 6.07) is 14.3. The highest BCUT2D eigenvalue weighted by Crippen LogP contribution is 2.30. The molecule has 2 aliphatic heterocycles. The van der Waals surface area contributed by atoms with Crippen molar-refractivity contribution < 1.29 is 9.53 Å². The maximum absolute atomic E-state index is 13.1. The van der Waals surface area contributed by atoms with Crippen LogP contribution in [0.1, 0.15) is 37.3 Å². The van der Waals surface area contributed by atoms with Gasteiger partial charge in [-0.1, -0.05) is 6.07 Å². The minimum absolute atomic E-state index is 0.198. The van der Waals surface area contributed by atoms with Gasteiger partial charge in [0.25, 0.3) is 0 Å². The number of rotatable bonds is 4. The van der Waals surface area contributed by atoms with E-state index in [0.29, 0.717) is 11.8 Å². The number of benzene rings is 1. The molecule has 0 spiro atoms. The first-order chi connectivity index (χ1) is 14.1. The van der Waals surface area contributed by atoms with Crippen LogP contribution in [-0.4, -0.2) is 61.0 Å². The Bertz CT molecular complexity index is 828. The zero-order chi connectivity index (χ0) is 20.2. The van der Waals surface area contributed by atoms with E-state index in [4.69, 9.17) is 9.72 Å². The standard InChI is InChI=1S/C24H31N3O2/c1-26-15-12-19(13-16-26)24(28)27-14-4-5-20(17-27)23-7-3-6-22(25-23)18-8-10-21(29-2)11-9-18/h3,6-11,19-20H,4-5,12-17H2,1-2H3. The minimum atomic E-state index is 0.198. The molecule has 1 unspecified atom stereocenters. The molecule has 1 aromatic carbocycles. The molecule has 1 amide bonds. The molecule has 0 radical (unpaired) electrons. The lowest BCUT2D eigenvalue weighted by Gasteiger charge is -2.37. The van der Waals surface area contributed by atoms with Crippen molar-refractivity contribution in [1.29, 1.82) is 0 Å². The largest absolute Gasteiger partial charge is 0.497 e. The highest BCUT2D eigenvalue weighted by atomic mass is 16.5. The number of piperidine rings is 2. The van der Waals surface area contributed by atoms with Gasteiger partial charge in [0, 0.05) is 36.2 Å². The second-order valence-corrected chi connectivity index (χ2v) is 8.38. The summed E-state index contributed by atoms with van der Waals surface area (Å²) in [6.07, 6.45) is 4.12. The molecule has 0 N–H and O–H groups in total. The van der Waals surface area contributed by atoms with Gasteiger partial charge < -0.3 is 14.5 Å². The molecule has 2 fully saturated rings. The third-order valence-electron chi connectivity index (χ3n) is 6.38. The first kappa shape index (κ1) is 19.9. The fourth-order valence-electron chi connectivity index (χ4n) is 4.53. The Morgan fingerprint density at radius 2 is 1.79 bits per heavy atom. The van der Waals surface area contributed by atoms with E-state index < -0.39 is 0 Å². The van der Waals surface area contributed by atoms with Gasteiger partial charge in [-0.2, -0.15) is 0 Å². The fourth-order valence-corrected chi connectivity index (χ4v) is 4.53. The first-order valence-corrected chi connectivity index (χ1v) is 10.7. The number of hydrogen-bond acceptors (Lipinski definition) is 4. The molecule has 1 atom stereocenters. The zero-order valence-corrected chi connectivity index (χ0v) is 17.5. The van der Waals surface area contributed by atoms with E-state index in [2.05, 4.69) is 35.0 Å². The fraction of sp³-hybridized carbons (Fsp3) is 0.500. The summed E-state index contributed by atoms with van der Waals surface area (Å²) in [6.45, 7) is 3.74. The van der Waals surface area contributed by atoms with E-state index in [9.17, 15) is 4.79 Å². The summed E-state index contributed by atoms with van der Waals surface area (Å²) in [5.74, 6) is 1.72. The Morgan fingerprint density at radius 1 is 1.03 bits per heavy atom. The number of nitrogens with zero attached hydrogens (tertiary/aromatic N) is 3. The predicted octanol–water partition coefficient (Wildman–Crippen LogP) is 3.81. The van der Waals surface area contributed by atoms with E-state index in [1.54, 1.807) is 7.11 Å². The van der Waals surface area contributed by atoms with Crippen molar-refractivity contribution in [2.24, 2.45) is 5.92 Å². The first-order valence-electron chi connectivity index (χ1n) is 10.7. The van der Waals surface area contributed by atoms with Gasteiger partial charge in [0.15, 0.2) is 0 Å². The van der Waals surface area contributed by atoms with Gasteiger partial charge in [-0.3, -0.25) is 9.78 Å². The van der Waals surface area contributed by atoms with Crippen LogP contribution in [0.5, 0.6) is 5.75 Å². The molecule has 0 aliphatic carbocycles. The van der Waals surface area contributed by atoms with Gasteiger partial charge in [0.1, 0.15) is 5.75 Å². The van der Waals surface area contributed by atoms with Crippen LogP contribution in [0.2, 0.25) is 0 Å². The van der Waals surface area contributed by atoms with Gasteiger partial charge in [0.2, 0.25) is 5.91 Å². The summed E-state index contributed by atoms with van der Waals surface area (Å²) >= 11 is 0. The van der Waals surface area contributed by atoms with Gasteiger partial charge in [-0.05, 0) is 82.2 Å². The monoisotopic (exact) mass is 393 g/mol. The molecule has 1 aromatic heterocycles. The van der Waals surface area contributed by atoms with Gasteiger partial charge in [-0.25, -0.2) is 0 Å². The zero-order valence-electron chi connectivity index (χ0n) is 17.5. The number of carbonyl (C=O) groups is 1. The highest BCUT2D eigenvalue weighted by molar-refractivity contribution is 5.79. The lowest BCUT2D eigenvalue weighted by Crippen LogP contribution is -2.45. The normalized spacial score (nSPS) is 21.2. The molecule has 0 saturated carbocycles. The maximum atomic E-state index is 13.1. The molecule has 5 nitrogen and oxygen atoms in total. The number of amides is 1. The summed E-state index contributed by atoms with van der Waals surface area (Å²) < 4.78 is 5.25. The topological polar surface area (TPSA) is 45.7 Å². The summed E-state index contributed by atoms with van der Waals surface area (Å²) in [7, 11) is 3.81. The van der Waals surface area contributed by atoms with Crippen LogP contribution in [-0.2, 0) is 4.79 Å². The van der Waals surface area contributed by atoms with Crippen molar-refractivity contribution >= 4 is 5.91 Å². The van der Waals surface area contributed by atoms with Crippen molar-refractivity contribution in [2.45, 2.75) is 31.6 Å². The third-order valence-corrected chi connectivity index (χ3v) is 6.38. The third kappa shape index (κ3) is 4.61. The van der Waals surface area contributed by atoms with Crippen LogP contribution in [0.25, 0.3) is 11.3 Å². The van der Waals surface area contributed by atoms with Crippen molar-refractivity contribution in [3.05, 3.63) is 48.2 Å². The number of aromatic nitrogens is 1. The number of methoxy groups -OCH3 is 1. The average molecular weight is 394 g/mol. The van der Waals surface area contributed by atoms with E-state index in [1.165, 1.54) is 0 Å². The lowest BCUT2D eigenvalue weighted by molar-refractivity contribution is -0.138. The number of likely N-dealkylation sites (tertiary alicyclic amines) is 2. The molecular weight excluding hydrogens is 362 g/mol. The van der Waals surface area contributed by atoms with E-state index in [1.807, 2.05) is 24.3 Å². The van der Waals surface area contributed by atoms with Crippen molar-refractivity contribution in [3.63, 3.8) is 0 Å². The Hall–Kier alpha value is -2.40. The van der Waals surface area contributed by atoms with Gasteiger partial charge >= 0.3 is 0 Å². The molecule has 2 aromatic rings. The Labute approximate surface area is 173 Å². The number of carbonyl (C=O) groups excluding carboxylic acids is 1. The molecule has 2 saturated heterocycles. The molecule has 2 aliphatic rings. The van der Waals surface area contributed by atoms with E-state index >= 15 is 0 Å². The predicted molar refractivity (Wildman–Crippen MR) is 115 cm³/mol. The van der Waals surface area contributed by atoms with Crippen LogP contribution in [0.4, 0.5) is 0 Å². The molecule has 29 heavy (non-hydrogen) atoms. The summed E-state index contributed by atoms with van der Waals surface area (Å²) in [5.41, 5.74) is 3.16. The minimum Gasteiger partial charge on any atom is -0.497 e. The quantitative estimate of drug-likeness (QED) is 0.793. The summed E-state index contributed by atoms with van der Waals surface area (Å²) in [5, 5.41) is 0. The second kappa shape index (κ2) is 8.95. The van der Waals surface area contributed by atoms with Gasteiger partial charge in [0.05, 0.1) is 12.8 Å². The Morgan fingerprint density at radius 3 is 2.52 bits per heavy atom. The molecule has 154 valence electrons. The maximum Gasteiger partial charge on any atom is 0.225 e. The Kier molecular flexibility index (Phi) is 6.14. The Balaban J connectivity index is 1.46.